The molecular formula is C26H31N3O+2. The number of benzene rings is 3. The normalized spacial score (nSPS) is 20.6. The van der Waals surface area contributed by atoms with E-state index in [1.54, 1.807) is 4.90 Å². The summed E-state index contributed by atoms with van der Waals surface area (Å²) in [5.41, 5.74) is 3.84. The number of para-hydroxylation sites is 2. The Morgan fingerprint density at radius 1 is 0.700 bits per heavy atom. The van der Waals surface area contributed by atoms with Gasteiger partial charge in [0, 0.05) is 27.4 Å². The molecule has 5 rings (SSSR count). The zero-order valence-corrected chi connectivity index (χ0v) is 17.4. The molecule has 1 aromatic heterocycles. The zero-order valence-electron chi connectivity index (χ0n) is 17.4. The lowest BCUT2D eigenvalue weighted by molar-refractivity contribution is -1.02. The number of hydrogen-bond donors (Lipinski definition) is 3. The molecule has 4 heteroatoms. The minimum atomic E-state index is -0.338. The third-order valence-electron chi connectivity index (χ3n) is 6.56. The molecule has 4 nitrogen and oxygen atoms in total. The first kappa shape index (κ1) is 19.3. The van der Waals surface area contributed by atoms with Gasteiger partial charge in [-0.2, -0.15) is 0 Å². The van der Waals surface area contributed by atoms with E-state index in [0.717, 1.165) is 26.2 Å². The molecule has 2 heterocycles. The van der Waals surface area contributed by atoms with Crippen LogP contribution in [0.25, 0.3) is 21.8 Å². The van der Waals surface area contributed by atoms with Crippen molar-refractivity contribution in [3.8, 4) is 0 Å². The molecule has 1 atom stereocenters. The summed E-state index contributed by atoms with van der Waals surface area (Å²) in [5, 5.41) is 13.5. The molecule has 0 amide bonds. The molecule has 0 bridgehead atoms. The van der Waals surface area contributed by atoms with E-state index in [1.807, 2.05) is 0 Å². The maximum Gasteiger partial charge on any atom is 0.127 e. The summed E-state index contributed by atoms with van der Waals surface area (Å²) in [6.45, 7) is 7.19. The smallest absolute Gasteiger partial charge is 0.127 e. The van der Waals surface area contributed by atoms with Crippen LogP contribution in [-0.4, -0.2) is 48.5 Å². The van der Waals surface area contributed by atoms with Crippen LogP contribution in [0.1, 0.15) is 5.56 Å². The second-order valence-electron chi connectivity index (χ2n) is 8.67. The quantitative estimate of drug-likeness (QED) is 0.445. The number of hydrogen-bond acceptors (Lipinski definition) is 1. The predicted octanol–water partition coefficient (Wildman–Crippen LogP) is 1.14. The Labute approximate surface area is 177 Å². The number of piperazine rings is 1. The number of nitrogens with one attached hydrogen (secondary N) is 2. The van der Waals surface area contributed by atoms with E-state index in [4.69, 9.17) is 0 Å². The maximum atomic E-state index is 10.9. The highest BCUT2D eigenvalue weighted by molar-refractivity contribution is 6.07. The fourth-order valence-corrected chi connectivity index (χ4v) is 5.03. The van der Waals surface area contributed by atoms with Gasteiger partial charge in [-0.1, -0.05) is 66.7 Å². The van der Waals surface area contributed by atoms with E-state index in [2.05, 4.69) is 83.4 Å². The number of aliphatic hydroxyl groups excluding tert-OH is 1. The maximum absolute atomic E-state index is 10.9. The van der Waals surface area contributed by atoms with Crippen LogP contribution in [0.15, 0.2) is 78.9 Å². The fraction of sp³-hybridized carbons (Fsp3) is 0.308. The topological polar surface area (TPSA) is 34.0 Å². The summed E-state index contributed by atoms with van der Waals surface area (Å²) in [5.74, 6) is 0. The highest BCUT2D eigenvalue weighted by Gasteiger charge is 2.25. The fourth-order valence-electron chi connectivity index (χ4n) is 5.03. The van der Waals surface area contributed by atoms with E-state index in [0.29, 0.717) is 6.54 Å². The minimum Gasteiger partial charge on any atom is -0.385 e. The Morgan fingerprint density at radius 2 is 1.23 bits per heavy atom. The standard InChI is InChI=1S/C26H29N3O/c30-22(19-28-16-14-27(15-17-28)18-21-8-2-1-3-9-21)20-29-25-12-6-4-10-23(25)24-11-5-7-13-26(24)29/h1-13,22,30H,14-20H2/p+2. The van der Waals surface area contributed by atoms with Crippen LogP contribution in [0, 0.1) is 0 Å². The molecule has 1 aliphatic rings. The summed E-state index contributed by atoms with van der Waals surface area (Å²) >= 11 is 0. The first-order valence-electron chi connectivity index (χ1n) is 11.1. The van der Waals surface area contributed by atoms with Crippen molar-refractivity contribution in [2.24, 2.45) is 0 Å². The van der Waals surface area contributed by atoms with E-state index >= 15 is 0 Å². The van der Waals surface area contributed by atoms with Gasteiger partial charge < -0.3 is 19.5 Å². The predicted molar refractivity (Wildman–Crippen MR) is 122 cm³/mol. The van der Waals surface area contributed by atoms with Crippen molar-refractivity contribution >= 4 is 21.8 Å². The molecule has 0 aliphatic carbocycles. The molecule has 3 N–H and O–H groups in total. The van der Waals surface area contributed by atoms with Crippen molar-refractivity contribution in [1.29, 1.82) is 0 Å². The van der Waals surface area contributed by atoms with Crippen LogP contribution in [0.5, 0.6) is 0 Å². The molecule has 1 unspecified atom stereocenters. The van der Waals surface area contributed by atoms with Gasteiger partial charge in [0.2, 0.25) is 0 Å². The minimum absolute atomic E-state index is 0.338. The van der Waals surface area contributed by atoms with E-state index in [9.17, 15) is 5.11 Å². The molecule has 0 spiro atoms. The summed E-state index contributed by atoms with van der Waals surface area (Å²) in [4.78, 5) is 3.18. The Bertz CT molecular complexity index is 1060. The number of rotatable bonds is 6. The Kier molecular flexibility index (Phi) is 5.54. The lowest BCUT2D eigenvalue weighted by Crippen LogP contribution is -3.28. The summed E-state index contributed by atoms with van der Waals surface area (Å²) in [6, 6.07) is 27.8. The number of aliphatic hydroxyl groups is 1. The number of nitrogens with zero attached hydrogens (tertiary/aromatic N) is 1. The highest BCUT2D eigenvalue weighted by Crippen LogP contribution is 2.28. The van der Waals surface area contributed by atoms with Crippen molar-refractivity contribution in [2.75, 3.05) is 32.7 Å². The van der Waals surface area contributed by atoms with Gasteiger partial charge >= 0.3 is 0 Å². The molecular weight excluding hydrogens is 370 g/mol. The highest BCUT2D eigenvalue weighted by atomic mass is 16.3. The molecule has 1 saturated heterocycles. The molecule has 30 heavy (non-hydrogen) atoms. The van der Waals surface area contributed by atoms with Gasteiger partial charge in [-0.25, -0.2) is 0 Å². The lowest BCUT2D eigenvalue weighted by atomic mass is 10.2. The van der Waals surface area contributed by atoms with Crippen molar-refractivity contribution in [2.45, 2.75) is 19.2 Å². The van der Waals surface area contributed by atoms with Crippen LogP contribution in [0.2, 0.25) is 0 Å². The summed E-state index contributed by atoms with van der Waals surface area (Å²) < 4.78 is 2.30. The molecule has 0 saturated carbocycles. The van der Waals surface area contributed by atoms with Crippen molar-refractivity contribution in [3.05, 3.63) is 84.4 Å². The van der Waals surface area contributed by atoms with Crippen LogP contribution >= 0.6 is 0 Å². The summed E-state index contributed by atoms with van der Waals surface area (Å²) in [6.07, 6.45) is -0.338. The number of fused-ring (bicyclic) bond motifs is 3. The number of quaternary nitrogens is 2. The second-order valence-corrected chi connectivity index (χ2v) is 8.67. The monoisotopic (exact) mass is 401 g/mol. The third kappa shape index (κ3) is 3.99. The second kappa shape index (κ2) is 8.60. The zero-order chi connectivity index (χ0) is 20.3. The molecule has 4 aromatic rings. The Morgan fingerprint density at radius 3 is 1.87 bits per heavy atom. The Hall–Kier alpha value is -2.66. The van der Waals surface area contributed by atoms with Crippen LogP contribution < -0.4 is 9.80 Å². The summed E-state index contributed by atoms with van der Waals surface area (Å²) in [7, 11) is 0. The van der Waals surface area contributed by atoms with Crippen molar-refractivity contribution in [3.63, 3.8) is 0 Å². The Balaban J connectivity index is 1.22. The first-order valence-corrected chi connectivity index (χ1v) is 11.1. The van der Waals surface area contributed by atoms with Gasteiger partial charge in [0.1, 0.15) is 45.4 Å². The van der Waals surface area contributed by atoms with Crippen LogP contribution in [0.4, 0.5) is 0 Å². The van der Waals surface area contributed by atoms with Gasteiger partial charge in [-0.3, -0.25) is 0 Å². The van der Waals surface area contributed by atoms with Gasteiger partial charge in [0.15, 0.2) is 0 Å². The van der Waals surface area contributed by atoms with E-state index in [-0.39, 0.29) is 6.10 Å². The average Bonchev–Trinajstić information content (AvgIpc) is 3.10. The lowest BCUT2D eigenvalue weighted by Gasteiger charge is -2.31. The molecule has 1 fully saturated rings. The average molecular weight is 402 g/mol. The van der Waals surface area contributed by atoms with Crippen LogP contribution in [-0.2, 0) is 13.1 Å². The van der Waals surface area contributed by atoms with Gasteiger partial charge in [-0.15, -0.1) is 0 Å². The molecule has 0 radical (unpaired) electrons. The van der Waals surface area contributed by atoms with Crippen molar-refractivity contribution in [1.82, 2.24) is 4.57 Å². The number of aromatic nitrogens is 1. The largest absolute Gasteiger partial charge is 0.385 e. The van der Waals surface area contributed by atoms with Crippen molar-refractivity contribution < 1.29 is 14.9 Å². The first-order chi connectivity index (χ1) is 14.8. The van der Waals surface area contributed by atoms with Crippen LogP contribution in [0.3, 0.4) is 0 Å². The van der Waals surface area contributed by atoms with Gasteiger partial charge in [0.05, 0.1) is 6.54 Å². The van der Waals surface area contributed by atoms with Gasteiger partial charge in [0.25, 0.3) is 0 Å². The van der Waals surface area contributed by atoms with E-state index in [1.165, 1.54) is 45.4 Å². The van der Waals surface area contributed by atoms with Gasteiger partial charge in [-0.05, 0) is 12.1 Å². The van der Waals surface area contributed by atoms with E-state index < -0.39 is 0 Å². The molecule has 154 valence electrons. The molecule has 1 aliphatic heterocycles. The molecule has 3 aromatic carbocycles. The third-order valence-corrected chi connectivity index (χ3v) is 6.56. The SMILES string of the molecule is OC(Cn1c2ccccc2c2ccccc21)C[NH+]1CC[NH+](Cc2ccccc2)CC1.